The average Bonchev–Trinajstić information content (AvgIpc) is 3.43. The van der Waals surface area contributed by atoms with Crippen LogP contribution in [0.1, 0.15) is 20.8 Å². The second-order valence-corrected chi connectivity index (χ2v) is 11.0. The molecule has 5 nitrogen and oxygen atoms in total. The van der Waals surface area contributed by atoms with Gasteiger partial charge in [0.25, 0.3) is 5.01 Å². The summed E-state index contributed by atoms with van der Waals surface area (Å²) < 4.78 is 0.819. The Morgan fingerprint density at radius 2 is 1.61 bits per heavy atom. The van der Waals surface area contributed by atoms with Crippen molar-refractivity contribution in [1.82, 2.24) is 4.98 Å². The smallest absolute Gasteiger partial charge is 0.393 e. The fourth-order valence-corrected chi connectivity index (χ4v) is 6.72. The normalized spacial score (nSPS) is 12.3. The van der Waals surface area contributed by atoms with Crippen molar-refractivity contribution >= 4 is 32.6 Å². The standard InChI is InChI=1S/C29H19BrN2O3S/c30-18-10-13-24(33)22(15-18)21-12-11-20-19-9-5-4-8-17(19)14-23(20)25(21)28-32-26(16-6-2-1-3-7-16)27(29(34)35)36(28)31/h1-13,15H,14,31H2,(H-,32,33,34,35)/p+1. The van der Waals surface area contributed by atoms with E-state index in [0.29, 0.717) is 28.2 Å². The number of benzene rings is 4. The zero-order chi connectivity index (χ0) is 25.0. The molecule has 0 saturated heterocycles. The molecule has 7 heteroatoms. The summed E-state index contributed by atoms with van der Waals surface area (Å²) in [7, 11) is -1.28. The molecular weight excluding hydrogens is 536 g/mol. The summed E-state index contributed by atoms with van der Waals surface area (Å²) in [6, 6.07) is 26.8. The van der Waals surface area contributed by atoms with Crippen LogP contribution >= 0.6 is 26.6 Å². The van der Waals surface area contributed by atoms with Crippen LogP contribution in [0.15, 0.2) is 89.4 Å². The monoisotopic (exact) mass is 555 g/mol. The number of hydrogen-bond donors (Lipinski definition) is 3. The Bertz CT molecular complexity index is 1680. The Morgan fingerprint density at radius 1 is 0.889 bits per heavy atom. The van der Waals surface area contributed by atoms with E-state index in [1.165, 1.54) is 5.56 Å². The number of carboxylic acid groups (broad SMARTS) is 1. The Balaban J connectivity index is 1.70. The highest BCUT2D eigenvalue weighted by Gasteiger charge is 2.37. The number of nitrogens with zero attached hydrogens (tertiary/aromatic N) is 1. The first-order valence-electron chi connectivity index (χ1n) is 11.3. The molecule has 0 amide bonds. The lowest BCUT2D eigenvalue weighted by Gasteiger charge is -2.13. The molecule has 1 aliphatic rings. The van der Waals surface area contributed by atoms with Crippen LogP contribution in [-0.4, -0.2) is 21.2 Å². The molecule has 36 heavy (non-hydrogen) atoms. The van der Waals surface area contributed by atoms with Gasteiger partial charge in [0.05, 0.1) is 5.56 Å². The van der Waals surface area contributed by atoms with Gasteiger partial charge in [-0.05, 0) is 46.9 Å². The predicted octanol–water partition coefficient (Wildman–Crippen LogP) is 7.28. The maximum absolute atomic E-state index is 12.4. The number of fused-ring (bicyclic) bond motifs is 3. The maximum Gasteiger partial charge on any atom is 0.393 e. The number of hydrogen-bond acceptors (Lipinski definition) is 4. The van der Waals surface area contributed by atoms with E-state index in [0.717, 1.165) is 32.3 Å². The van der Waals surface area contributed by atoms with Crippen molar-refractivity contribution in [3.05, 3.63) is 105 Å². The summed E-state index contributed by atoms with van der Waals surface area (Å²) in [5.74, 6) is -0.957. The molecule has 1 heterocycles. The van der Waals surface area contributed by atoms with Crippen molar-refractivity contribution in [1.29, 1.82) is 0 Å². The van der Waals surface area contributed by atoms with Gasteiger partial charge in [-0.25, -0.2) is 4.79 Å². The van der Waals surface area contributed by atoms with Gasteiger partial charge in [0.15, 0.2) is 0 Å². The van der Waals surface area contributed by atoms with Crippen LogP contribution in [0.25, 0.3) is 44.1 Å². The SMILES string of the molecule is N[s+]1c(-c2c(-c3cc(Br)ccc3O)ccc3c2Cc2ccccc2-3)nc(-c2ccccc2)c1C(=O)O. The molecule has 0 radical (unpaired) electrons. The molecule has 0 saturated carbocycles. The van der Waals surface area contributed by atoms with Crippen LogP contribution in [0.3, 0.4) is 0 Å². The molecule has 1 atom stereocenters. The molecule has 4 N–H and O–H groups in total. The van der Waals surface area contributed by atoms with Crippen LogP contribution in [0.5, 0.6) is 5.75 Å². The van der Waals surface area contributed by atoms with Crippen LogP contribution in [0.2, 0.25) is 0 Å². The second-order valence-electron chi connectivity index (χ2n) is 8.61. The van der Waals surface area contributed by atoms with E-state index >= 15 is 0 Å². The molecule has 0 spiro atoms. The number of rotatable bonds is 4. The minimum atomic E-state index is -1.28. The summed E-state index contributed by atoms with van der Waals surface area (Å²) in [4.78, 5) is 17.4. The topological polar surface area (TPSA) is 96.4 Å². The number of aromatic carboxylic acids is 1. The van der Waals surface area contributed by atoms with Gasteiger partial charge < -0.3 is 10.2 Å². The number of carbonyl (C=O) groups is 1. The molecule has 1 unspecified atom stereocenters. The highest BCUT2D eigenvalue weighted by Crippen LogP contribution is 2.50. The molecule has 5 aromatic rings. The van der Waals surface area contributed by atoms with Gasteiger partial charge >= 0.3 is 10.8 Å². The number of phenolic OH excluding ortho intramolecular Hbond substituents is 1. The van der Waals surface area contributed by atoms with E-state index in [1.54, 1.807) is 12.1 Å². The zero-order valence-corrected chi connectivity index (χ0v) is 21.3. The molecule has 0 aliphatic heterocycles. The van der Waals surface area contributed by atoms with E-state index in [1.807, 2.05) is 54.6 Å². The fourth-order valence-electron chi connectivity index (χ4n) is 4.96. The number of phenols is 1. The summed E-state index contributed by atoms with van der Waals surface area (Å²) >= 11 is 3.52. The molecule has 176 valence electrons. The highest BCUT2D eigenvalue weighted by molar-refractivity contribution is 9.10. The highest BCUT2D eigenvalue weighted by atomic mass is 79.9. The van der Waals surface area contributed by atoms with Crippen molar-refractivity contribution in [2.75, 3.05) is 5.14 Å². The van der Waals surface area contributed by atoms with Crippen molar-refractivity contribution in [3.8, 4) is 49.8 Å². The van der Waals surface area contributed by atoms with Gasteiger partial charge in [0.1, 0.15) is 22.1 Å². The van der Waals surface area contributed by atoms with Crippen LogP contribution in [-0.2, 0) is 6.42 Å². The van der Waals surface area contributed by atoms with Crippen molar-refractivity contribution in [2.24, 2.45) is 0 Å². The number of halogens is 1. The fraction of sp³-hybridized carbons (Fsp3) is 0.0345. The number of nitrogens with two attached hydrogens (primary N) is 1. The summed E-state index contributed by atoms with van der Waals surface area (Å²) in [5.41, 5.74) is 7.70. The minimum absolute atomic E-state index is 0.0914. The number of thiazole rings is 1. The van der Waals surface area contributed by atoms with E-state index in [-0.39, 0.29) is 10.6 Å². The Hall–Kier alpha value is -3.78. The number of aromatic nitrogens is 1. The number of aromatic hydroxyl groups is 1. The number of carboxylic acids is 1. The average molecular weight is 556 g/mol. The van der Waals surface area contributed by atoms with Gasteiger partial charge in [-0.1, -0.05) is 82.7 Å². The lowest BCUT2D eigenvalue weighted by atomic mass is 9.92. The van der Waals surface area contributed by atoms with Crippen molar-refractivity contribution in [3.63, 3.8) is 0 Å². The lowest BCUT2D eigenvalue weighted by molar-refractivity contribution is 0.0702. The van der Waals surface area contributed by atoms with E-state index in [2.05, 4.69) is 34.1 Å². The first-order valence-corrected chi connectivity index (χ1v) is 13.4. The van der Waals surface area contributed by atoms with Crippen molar-refractivity contribution in [2.45, 2.75) is 6.42 Å². The molecule has 0 bridgehead atoms. The Kier molecular flexibility index (Phi) is 5.48. The Labute approximate surface area is 218 Å². The van der Waals surface area contributed by atoms with Crippen molar-refractivity contribution < 1.29 is 15.0 Å². The number of nitrogen functional groups attached to an aromatic ring is 1. The molecule has 1 aromatic heterocycles. The van der Waals surface area contributed by atoms with Gasteiger partial charge in [-0.3, -0.25) is 0 Å². The quantitative estimate of drug-likeness (QED) is 0.198. The molecule has 0 fully saturated rings. The largest absolute Gasteiger partial charge is 0.507 e. The minimum Gasteiger partial charge on any atom is -0.507 e. The third-order valence-electron chi connectivity index (χ3n) is 6.55. The van der Waals surface area contributed by atoms with Gasteiger partial charge in [0.2, 0.25) is 0 Å². The maximum atomic E-state index is 12.4. The lowest BCUT2D eigenvalue weighted by Crippen LogP contribution is -2.00. The van der Waals surface area contributed by atoms with E-state index in [4.69, 9.17) is 10.1 Å². The Morgan fingerprint density at radius 3 is 2.39 bits per heavy atom. The zero-order valence-electron chi connectivity index (χ0n) is 18.9. The first kappa shape index (κ1) is 22.7. The van der Waals surface area contributed by atoms with Crippen LogP contribution in [0, 0.1) is 0 Å². The van der Waals surface area contributed by atoms with E-state index in [9.17, 15) is 15.0 Å². The molecule has 6 rings (SSSR count). The van der Waals surface area contributed by atoms with Gasteiger partial charge in [0, 0.05) is 21.2 Å². The van der Waals surface area contributed by atoms with Gasteiger partial charge in [-0.2, -0.15) is 4.98 Å². The van der Waals surface area contributed by atoms with Gasteiger partial charge in [-0.15, -0.1) is 5.14 Å². The van der Waals surface area contributed by atoms with Crippen LogP contribution in [0.4, 0.5) is 0 Å². The predicted molar refractivity (Wildman–Crippen MR) is 148 cm³/mol. The summed E-state index contributed by atoms with van der Waals surface area (Å²) in [6.45, 7) is 0. The molecule has 4 aromatic carbocycles. The third-order valence-corrected chi connectivity index (χ3v) is 8.56. The molecule has 1 aliphatic carbocycles. The summed E-state index contributed by atoms with van der Waals surface area (Å²) in [5, 5.41) is 28.2. The van der Waals surface area contributed by atoms with E-state index < -0.39 is 16.6 Å². The van der Waals surface area contributed by atoms with Crippen LogP contribution < -0.4 is 5.14 Å². The summed E-state index contributed by atoms with van der Waals surface area (Å²) in [6.07, 6.45) is 0.669. The second kappa shape index (κ2) is 8.71. The first-order chi connectivity index (χ1) is 17.4. The third kappa shape index (κ3) is 3.55. The molecular formula is C29H20BrN2O3S+.